The molecule has 1 aliphatic rings. The van der Waals surface area contributed by atoms with Crippen molar-refractivity contribution in [2.24, 2.45) is 0 Å². The molecule has 130 valence electrons. The van der Waals surface area contributed by atoms with E-state index in [0.29, 0.717) is 23.2 Å². The SMILES string of the molecule is CCC1C=CCN1C(=O)c1ccc(-c2cc(F)c(OC)c(F)c2)cc1. The summed E-state index contributed by atoms with van der Waals surface area (Å²) in [6.45, 7) is 2.64. The molecule has 1 unspecified atom stereocenters. The van der Waals surface area contributed by atoms with Crippen molar-refractivity contribution in [2.75, 3.05) is 13.7 Å². The van der Waals surface area contributed by atoms with Crippen LogP contribution in [0.1, 0.15) is 23.7 Å². The Labute approximate surface area is 145 Å². The van der Waals surface area contributed by atoms with E-state index in [1.807, 2.05) is 24.0 Å². The Bertz CT molecular complexity index is 792. The first-order valence-electron chi connectivity index (χ1n) is 8.16. The lowest BCUT2D eigenvalue weighted by Crippen LogP contribution is -2.35. The third-order valence-electron chi connectivity index (χ3n) is 4.41. The molecule has 1 aliphatic heterocycles. The van der Waals surface area contributed by atoms with Crippen molar-refractivity contribution >= 4 is 5.91 Å². The van der Waals surface area contributed by atoms with Crippen LogP contribution in [-0.2, 0) is 0 Å². The van der Waals surface area contributed by atoms with Crippen molar-refractivity contribution in [3.63, 3.8) is 0 Å². The summed E-state index contributed by atoms with van der Waals surface area (Å²) in [5.74, 6) is -1.96. The first-order chi connectivity index (χ1) is 12.0. The highest BCUT2D eigenvalue weighted by molar-refractivity contribution is 5.95. The quantitative estimate of drug-likeness (QED) is 0.769. The fraction of sp³-hybridized carbons (Fsp3) is 0.250. The van der Waals surface area contributed by atoms with Crippen LogP contribution in [0.15, 0.2) is 48.6 Å². The molecule has 1 amide bonds. The lowest BCUT2D eigenvalue weighted by Gasteiger charge is -2.23. The van der Waals surface area contributed by atoms with Gasteiger partial charge in [0.15, 0.2) is 17.4 Å². The van der Waals surface area contributed by atoms with Gasteiger partial charge in [0.1, 0.15) is 0 Å². The summed E-state index contributed by atoms with van der Waals surface area (Å²) in [7, 11) is 1.22. The van der Waals surface area contributed by atoms with E-state index in [1.54, 1.807) is 24.3 Å². The number of rotatable bonds is 4. The molecule has 2 aromatic carbocycles. The van der Waals surface area contributed by atoms with Crippen LogP contribution >= 0.6 is 0 Å². The molecular formula is C20H19F2NO2. The highest BCUT2D eigenvalue weighted by atomic mass is 19.1. The first kappa shape index (κ1) is 17.1. The van der Waals surface area contributed by atoms with E-state index in [4.69, 9.17) is 0 Å². The number of carbonyl (C=O) groups excluding carboxylic acids is 1. The van der Waals surface area contributed by atoms with Gasteiger partial charge in [-0.1, -0.05) is 31.2 Å². The molecule has 3 nitrogen and oxygen atoms in total. The van der Waals surface area contributed by atoms with Crippen molar-refractivity contribution in [2.45, 2.75) is 19.4 Å². The fourth-order valence-electron chi connectivity index (χ4n) is 3.05. The standard InChI is InChI=1S/C20H19F2NO2/c1-3-16-5-4-10-23(16)20(24)14-8-6-13(7-9-14)15-11-17(21)19(25-2)18(22)12-15/h4-9,11-12,16H,3,10H2,1-2H3. The number of hydrogen-bond acceptors (Lipinski definition) is 2. The number of amides is 1. The van der Waals surface area contributed by atoms with E-state index < -0.39 is 17.4 Å². The van der Waals surface area contributed by atoms with E-state index in [2.05, 4.69) is 4.74 Å². The number of halogens is 2. The smallest absolute Gasteiger partial charge is 0.254 e. The predicted molar refractivity (Wildman–Crippen MR) is 92.6 cm³/mol. The van der Waals surface area contributed by atoms with Crippen LogP contribution < -0.4 is 4.74 Å². The van der Waals surface area contributed by atoms with Gasteiger partial charge in [0.25, 0.3) is 5.91 Å². The van der Waals surface area contributed by atoms with Gasteiger partial charge in [0.05, 0.1) is 13.2 Å². The molecule has 0 saturated carbocycles. The summed E-state index contributed by atoms with van der Waals surface area (Å²) in [6, 6.07) is 9.31. The van der Waals surface area contributed by atoms with E-state index in [0.717, 1.165) is 6.42 Å². The van der Waals surface area contributed by atoms with Gasteiger partial charge < -0.3 is 9.64 Å². The van der Waals surface area contributed by atoms with Crippen molar-refractivity contribution in [1.82, 2.24) is 4.90 Å². The zero-order chi connectivity index (χ0) is 18.0. The third-order valence-corrected chi connectivity index (χ3v) is 4.41. The van der Waals surface area contributed by atoms with E-state index in [1.165, 1.54) is 19.2 Å². The molecule has 0 aliphatic carbocycles. The highest BCUT2D eigenvalue weighted by Crippen LogP contribution is 2.29. The van der Waals surface area contributed by atoms with Gasteiger partial charge in [-0.3, -0.25) is 4.79 Å². The molecule has 0 bridgehead atoms. The van der Waals surface area contributed by atoms with E-state index >= 15 is 0 Å². The number of nitrogens with zero attached hydrogens (tertiary/aromatic N) is 1. The molecule has 3 rings (SSSR count). The number of carbonyl (C=O) groups is 1. The molecule has 0 radical (unpaired) electrons. The van der Waals surface area contributed by atoms with Crippen LogP contribution in [0, 0.1) is 11.6 Å². The lowest BCUT2D eigenvalue weighted by molar-refractivity contribution is 0.0747. The highest BCUT2D eigenvalue weighted by Gasteiger charge is 2.24. The Balaban J connectivity index is 1.84. The van der Waals surface area contributed by atoms with Crippen LogP contribution in [0.3, 0.4) is 0 Å². The third kappa shape index (κ3) is 3.27. The summed E-state index contributed by atoms with van der Waals surface area (Å²) in [5.41, 5.74) is 1.58. The molecule has 0 saturated heterocycles. The second kappa shape index (κ2) is 7.05. The van der Waals surface area contributed by atoms with Crippen LogP contribution in [0.2, 0.25) is 0 Å². The van der Waals surface area contributed by atoms with Crippen molar-refractivity contribution in [1.29, 1.82) is 0 Å². The average molecular weight is 343 g/mol. The summed E-state index contributed by atoms with van der Waals surface area (Å²) in [6.07, 6.45) is 4.89. The minimum Gasteiger partial charge on any atom is -0.491 e. The molecule has 25 heavy (non-hydrogen) atoms. The van der Waals surface area contributed by atoms with Gasteiger partial charge in [-0.2, -0.15) is 0 Å². The second-order valence-electron chi connectivity index (χ2n) is 5.91. The molecule has 2 aromatic rings. The molecule has 0 aromatic heterocycles. The van der Waals surface area contributed by atoms with Crippen LogP contribution in [-0.4, -0.2) is 30.5 Å². The minimum absolute atomic E-state index is 0.0458. The second-order valence-corrected chi connectivity index (χ2v) is 5.91. The Kier molecular flexibility index (Phi) is 4.83. The molecule has 0 spiro atoms. The first-order valence-corrected chi connectivity index (χ1v) is 8.16. The zero-order valence-electron chi connectivity index (χ0n) is 14.1. The number of ether oxygens (including phenoxy) is 1. The van der Waals surface area contributed by atoms with Gasteiger partial charge in [-0.25, -0.2) is 8.78 Å². The van der Waals surface area contributed by atoms with Crippen LogP contribution in [0.4, 0.5) is 8.78 Å². The van der Waals surface area contributed by atoms with Gasteiger partial charge in [-0.15, -0.1) is 0 Å². The topological polar surface area (TPSA) is 29.5 Å². The van der Waals surface area contributed by atoms with Crippen LogP contribution in [0.25, 0.3) is 11.1 Å². The van der Waals surface area contributed by atoms with Gasteiger partial charge in [-0.05, 0) is 41.8 Å². The predicted octanol–water partition coefficient (Wildman–Crippen LogP) is 4.43. The molecule has 5 heteroatoms. The molecular weight excluding hydrogens is 324 g/mol. The Hall–Kier alpha value is -2.69. The number of hydrogen-bond donors (Lipinski definition) is 0. The number of methoxy groups -OCH3 is 1. The molecule has 1 atom stereocenters. The van der Waals surface area contributed by atoms with E-state index in [-0.39, 0.29) is 11.9 Å². The summed E-state index contributed by atoms with van der Waals surface area (Å²) < 4.78 is 32.4. The maximum atomic E-state index is 13.9. The van der Waals surface area contributed by atoms with Gasteiger partial charge in [0, 0.05) is 12.1 Å². The Morgan fingerprint density at radius 1 is 1.16 bits per heavy atom. The normalized spacial score (nSPS) is 16.3. The zero-order valence-corrected chi connectivity index (χ0v) is 14.1. The molecule has 0 N–H and O–H groups in total. The van der Waals surface area contributed by atoms with Gasteiger partial charge in [0.2, 0.25) is 0 Å². The molecule has 1 heterocycles. The summed E-state index contributed by atoms with van der Waals surface area (Å²) >= 11 is 0. The monoisotopic (exact) mass is 343 g/mol. The molecule has 0 fully saturated rings. The Morgan fingerprint density at radius 3 is 2.36 bits per heavy atom. The van der Waals surface area contributed by atoms with Crippen LogP contribution in [0.5, 0.6) is 5.75 Å². The minimum atomic E-state index is -0.758. The Morgan fingerprint density at radius 2 is 1.80 bits per heavy atom. The van der Waals surface area contributed by atoms with Gasteiger partial charge >= 0.3 is 0 Å². The lowest BCUT2D eigenvalue weighted by atomic mass is 10.0. The fourth-order valence-corrected chi connectivity index (χ4v) is 3.05. The number of benzene rings is 2. The average Bonchev–Trinajstić information content (AvgIpc) is 3.09. The van der Waals surface area contributed by atoms with Crippen molar-refractivity contribution < 1.29 is 18.3 Å². The van der Waals surface area contributed by atoms with Crippen molar-refractivity contribution in [3.8, 4) is 16.9 Å². The summed E-state index contributed by atoms with van der Waals surface area (Å²) in [5, 5.41) is 0. The van der Waals surface area contributed by atoms with Crippen molar-refractivity contribution in [3.05, 3.63) is 65.7 Å². The largest absolute Gasteiger partial charge is 0.491 e. The van der Waals surface area contributed by atoms with E-state index in [9.17, 15) is 13.6 Å². The maximum absolute atomic E-state index is 13.9. The maximum Gasteiger partial charge on any atom is 0.254 e. The summed E-state index contributed by atoms with van der Waals surface area (Å²) in [4.78, 5) is 14.4.